The maximum atomic E-state index is 4.76. The van der Waals surface area contributed by atoms with Crippen molar-refractivity contribution in [2.75, 3.05) is 25.0 Å². The van der Waals surface area contributed by atoms with Gasteiger partial charge in [0, 0.05) is 25.3 Å². The molecule has 1 fully saturated rings. The van der Waals surface area contributed by atoms with Crippen molar-refractivity contribution in [3.05, 3.63) is 23.4 Å². The largest absolute Gasteiger partial charge is 0.356 e. The summed E-state index contributed by atoms with van der Waals surface area (Å²) in [6, 6.07) is 4.37. The second kappa shape index (κ2) is 5.70. The molecule has 0 bridgehead atoms. The van der Waals surface area contributed by atoms with Crippen molar-refractivity contribution in [1.82, 2.24) is 10.3 Å². The van der Waals surface area contributed by atoms with Gasteiger partial charge in [0.15, 0.2) is 0 Å². The molecular formula is C15H25N3. The fourth-order valence-electron chi connectivity index (χ4n) is 2.60. The molecule has 1 aliphatic rings. The topological polar surface area (TPSA) is 28.2 Å². The van der Waals surface area contributed by atoms with Crippen molar-refractivity contribution in [2.45, 2.75) is 33.7 Å². The zero-order chi connectivity index (χ0) is 13.1. The fourth-order valence-corrected chi connectivity index (χ4v) is 2.60. The minimum absolute atomic E-state index is 0.762. The zero-order valence-corrected chi connectivity index (χ0v) is 12.0. The van der Waals surface area contributed by atoms with Crippen LogP contribution in [0.15, 0.2) is 12.1 Å². The molecule has 100 valence electrons. The van der Waals surface area contributed by atoms with Gasteiger partial charge < -0.3 is 10.2 Å². The first kappa shape index (κ1) is 13.3. The summed E-state index contributed by atoms with van der Waals surface area (Å²) in [7, 11) is 1.97. The Morgan fingerprint density at radius 2 is 2.11 bits per heavy atom. The summed E-state index contributed by atoms with van der Waals surface area (Å²) < 4.78 is 0. The number of piperidine rings is 1. The third-order valence-corrected chi connectivity index (χ3v) is 4.21. The highest BCUT2D eigenvalue weighted by Crippen LogP contribution is 2.26. The Hall–Kier alpha value is -1.09. The van der Waals surface area contributed by atoms with Gasteiger partial charge in [0.25, 0.3) is 0 Å². The van der Waals surface area contributed by atoms with E-state index in [9.17, 15) is 0 Å². The van der Waals surface area contributed by atoms with Crippen LogP contribution in [0, 0.1) is 18.8 Å². The molecule has 1 N–H and O–H groups in total. The van der Waals surface area contributed by atoms with Crippen LogP contribution in [0.4, 0.5) is 5.82 Å². The summed E-state index contributed by atoms with van der Waals surface area (Å²) in [5.74, 6) is 2.75. The molecule has 1 aromatic rings. The molecule has 2 unspecified atom stereocenters. The Morgan fingerprint density at radius 3 is 2.72 bits per heavy atom. The molecule has 0 aromatic carbocycles. The maximum Gasteiger partial charge on any atom is 0.128 e. The quantitative estimate of drug-likeness (QED) is 0.890. The van der Waals surface area contributed by atoms with E-state index in [4.69, 9.17) is 4.98 Å². The highest BCUT2D eigenvalue weighted by Gasteiger charge is 2.23. The lowest BCUT2D eigenvalue weighted by molar-refractivity contribution is 0.322. The van der Waals surface area contributed by atoms with E-state index in [0.717, 1.165) is 43.0 Å². The monoisotopic (exact) mass is 247 g/mol. The van der Waals surface area contributed by atoms with Crippen LogP contribution in [0.2, 0.25) is 0 Å². The number of nitrogens with one attached hydrogen (secondary N) is 1. The SMILES string of the molecule is CNCc1ccc(N2CCC(C)C(C)C2)nc1C. The molecule has 0 amide bonds. The summed E-state index contributed by atoms with van der Waals surface area (Å²) in [5.41, 5.74) is 2.44. The van der Waals surface area contributed by atoms with Crippen LogP contribution < -0.4 is 10.2 Å². The number of hydrogen-bond acceptors (Lipinski definition) is 3. The average molecular weight is 247 g/mol. The summed E-state index contributed by atoms with van der Waals surface area (Å²) in [4.78, 5) is 7.19. The van der Waals surface area contributed by atoms with E-state index in [1.807, 2.05) is 7.05 Å². The van der Waals surface area contributed by atoms with E-state index >= 15 is 0 Å². The Kier molecular flexibility index (Phi) is 4.23. The number of nitrogens with zero attached hydrogens (tertiary/aromatic N) is 2. The summed E-state index contributed by atoms with van der Waals surface area (Å²) in [5, 5.41) is 3.18. The fraction of sp³-hybridized carbons (Fsp3) is 0.667. The van der Waals surface area contributed by atoms with Gasteiger partial charge in [-0.1, -0.05) is 19.9 Å². The number of hydrogen-bond donors (Lipinski definition) is 1. The lowest BCUT2D eigenvalue weighted by atomic mass is 9.89. The predicted octanol–water partition coefficient (Wildman–Crippen LogP) is 2.59. The lowest BCUT2D eigenvalue weighted by Crippen LogP contribution is -2.39. The standard InChI is InChI=1S/C15H25N3/c1-11-7-8-18(10-12(11)2)15-6-5-14(9-16-4)13(3)17-15/h5-6,11-12,16H,7-10H2,1-4H3. The first-order chi connectivity index (χ1) is 8.61. The van der Waals surface area contributed by atoms with Crippen molar-refractivity contribution >= 4 is 5.82 Å². The Morgan fingerprint density at radius 1 is 1.33 bits per heavy atom. The van der Waals surface area contributed by atoms with Gasteiger partial charge >= 0.3 is 0 Å². The third-order valence-electron chi connectivity index (χ3n) is 4.21. The zero-order valence-electron chi connectivity index (χ0n) is 12.0. The van der Waals surface area contributed by atoms with Crippen molar-refractivity contribution in [3.8, 4) is 0 Å². The molecule has 18 heavy (non-hydrogen) atoms. The third kappa shape index (κ3) is 2.83. The highest BCUT2D eigenvalue weighted by atomic mass is 15.2. The molecule has 0 aliphatic carbocycles. The van der Waals surface area contributed by atoms with E-state index in [1.54, 1.807) is 0 Å². The van der Waals surface area contributed by atoms with Crippen LogP contribution in [0.25, 0.3) is 0 Å². The van der Waals surface area contributed by atoms with E-state index in [0.29, 0.717) is 0 Å². The van der Waals surface area contributed by atoms with Crippen molar-refractivity contribution in [3.63, 3.8) is 0 Å². The van der Waals surface area contributed by atoms with E-state index < -0.39 is 0 Å². The van der Waals surface area contributed by atoms with Gasteiger partial charge in [0.05, 0.1) is 0 Å². The van der Waals surface area contributed by atoms with Crippen molar-refractivity contribution < 1.29 is 0 Å². The predicted molar refractivity (Wildman–Crippen MR) is 76.9 cm³/mol. The van der Waals surface area contributed by atoms with Crippen LogP contribution in [-0.2, 0) is 6.54 Å². The molecule has 2 heterocycles. The molecule has 2 atom stereocenters. The van der Waals surface area contributed by atoms with E-state index in [1.165, 1.54) is 12.0 Å². The van der Waals surface area contributed by atoms with Crippen molar-refractivity contribution in [1.29, 1.82) is 0 Å². The Labute approximate surface area is 111 Å². The molecule has 0 radical (unpaired) electrons. The minimum Gasteiger partial charge on any atom is -0.356 e. The van der Waals surface area contributed by atoms with Gasteiger partial charge in [-0.15, -0.1) is 0 Å². The molecule has 1 saturated heterocycles. The van der Waals surface area contributed by atoms with Gasteiger partial charge in [-0.05, 0) is 43.9 Å². The molecular weight excluding hydrogens is 222 g/mol. The molecule has 0 saturated carbocycles. The highest BCUT2D eigenvalue weighted by molar-refractivity contribution is 5.42. The lowest BCUT2D eigenvalue weighted by Gasteiger charge is -2.36. The van der Waals surface area contributed by atoms with Gasteiger partial charge in [0.1, 0.15) is 5.82 Å². The first-order valence-electron chi connectivity index (χ1n) is 6.98. The van der Waals surface area contributed by atoms with E-state index in [-0.39, 0.29) is 0 Å². The van der Waals surface area contributed by atoms with Crippen molar-refractivity contribution in [2.24, 2.45) is 11.8 Å². The minimum atomic E-state index is 0.762. The number of aryl methyl sites for hydroxylation is 1. The van der Waals surface area contributed by atoms with Crippen LogP contribution in [0.3, 0.4) is 0 Å². The van der Waals surface area contributed by atoms with Gasteiger partial charge in [-0.3, -0.25) is 0 Å². The Bertz CT molecular complexity index is 403. The number of aromatic nitrogens is 1. The molecule has 0 spiro atoms. The number of anilines is 1. The number of rotatable bonds is 3. The number of pyridine rings is 1. The average Bonchev–Trinajstić information content (AvgIpc) is 2.35. The summed E-state index contributed by atoms with van der Waals surface area (Å²) in [6.07, 6.45) is 1.28. The van der Waals surface area contributed by atoms with Gasteiger partial charge in [-0.25, -0.2) is 4.98 Å². The molecule has 1 aliphatic heterocycles. The molecule has 3 heteroatoms. The normalized spacial score (nSPS) is 24.3. The first-order valence-corrected chi connectivity index (χ1v) is 6.98. The van der Waals surface area contributed by atoms with Crippen LogP contribution >= 0.6 is 0 Å². The molecule has 3 nitrogen and oxygen atoms in total. The molecule has 1 aromatic heterocycles. The van der Waals surface area contributed by atoms with Crippen LogP contribution in [-0.4, -0.2) is 25.1 Å². The van der Waals surface area contributed by atoms with E-state index in [2.05, 4.69) is 43.1 Å². The van der Waals surface area contributed by atoms with Gasteiger partial charge in [0.2, 0.25) is 0 Å². The maximum absolute atomic E-state index is 4.76. The smallest absolute Gasteiger partial charge is 0.128 e. The summed E-state index contributed by atoms with van der Waals surface area (Å²) >= 11 is 0. The van der Waals surface area contributed by atoms with Crippen LogP contribution in [0.5, 0.6) is 0 Å². The second-order valence-electron chi connectivity index (χ2n) is 5.63. The summed E-state index contributed by atoms with van der Waals surface area (Å²) in [6.45, 7) is 9.98. The van der Waals surface area contributed by atoms with Gasteiger partial charge in [-0.2, -0.15) is 0 Å². The van der Waals surface area contributed by atoms with Crippen LogP contribution in [0.1, 0.15) is 31.5 Å². The Balaban J connectivity index is 2.12. The second-order valence-corrected chi connectivity index (χ2v) is 5.63. The molecule has 2 rings (SSSR count).